The molecule has 0 aliphatic carbocycles. The fourth-order valence-corrected chi connectivity index (χ4v) is 2.51. The van der Waals surface area contributed by atoms with E-state index in [9.17, 15) is 4.79 Å². The third-order valence-corrected chi connectivity index (χ3v) is 3.69. The van der Waals surface area contributed by atoms with Crippen LogP contribution in [-0.4, -0.2) is 23.2 Å². The Kier molecular flexibility index (Phi) is 3.71. The van der Waals surface area contributed by atoms with E-state index in [1.54, 1.807) is 26.2 Å². The van der Waals surface area contributed by atoms with Gasteiger partial charge in [-0.1, -0.05) is 18.5 Å². The average Bonchev–Trinajstić information content (AvgIpc) is 2.68. The molecule has 102 valence electrons. The number of aryl methyl sites for hydroxylation is 1. The molecule has 0 spiro atoms. The standard InChI is InChI=1S/C14H16ClNO3/c1-7(14(17)18)6-10-8(2)12-9(15)4-5-11(19-3)13(12)16-10/h4-5,7,16H,6H2,1-3H3,(H,17,18). The lowest BCUT2D eigenvalue weighted by atomic mass is 10.0. The Bertz CT molecular complexity index is 633. The average molecular weight is 282 g/mol. The minimum Gasteiger partial charge on any atom is -0.495 e. The highest BCUT2D eigenvalue weighted by Gasteiger charge is 2.18. The molecule has 1 unspecified atom stereocenters. The van der Waals surface area contributed by atoms with E-state index in [1.165, 1.54) is 0 Å². The van der Waals surface area contributed by atoms with Gasteiger partial charge in [0.1, 0.15) is 5.75 Å². The molecular weight excluding hydrogens is 266 g/mol. The zero-order chi connectivity index (χ0) is 14.2. The number of ether oxygens (including phenoxy) is 1. The monoisotopic (exact) mass is 281 g/mol. The number of halogens is 1. The molecule has 1 aromatic carbocycles. The number of hydrogen-bond acceptors (Lipinski definition) is 2. The number of carboxylic acid groups (broad SMARTS) is 1. The molecule has 0 saturated heterocycles. The van der Waals surface area contributed by atoms with E-state index in [1.807, 2.05) is 6.92 Å². The summed E-state index contributed by atoms with van der Waals surface area (Å²) in [6.07, 6.45) is 0.440. The Morgan fingerprint density at radius 2 is 2.21 bits per heavy atom. The first-order valence-corrected chi connectivity index (χ1v) is 6.40. The fraction of sp³-hybridized carbons (Fsp3) is 0.357. The Morgan fingerprint density at radius 1 is 1.53 bits per heavy atom. The number of methoxy groups -OCH3 is 1. The van der Waals surface area contributed by atoms with Crippen LogP contribution < -0.4 is 4.74 Å². The lowest BCUT2D eigenvalue weighted by Gasteiger charge is -2.05. The molecule has 2 aromatic rings. The van der Waals surface area contributed by atoms with Gasteiger partial charge < -0.3 is 14.8 Å². The molecule has 5 heteroatoms. The van der Waals surface area contributed by atoms with Gasteiger partial charge in [0.15, 0.2) is 0 Å². The van der Waals surface area contributed by atoms with E-state index in [0.29, 0.717) is 17.2 Å². The molecule has 2 N–H and O–H groups in total. The van der Waals surface area contributed by atoms with Crippen LogP contribution in [0.25, 0.3) is 10.9 Å². The molecule has 2 rings (SSSR count). The molecular formula is C14H16ClNO3. The van der Waals surface area contributed by atoms with Crippen molar-refractivity contribution >= 4 is 28.5 Å². The molecule has 0 bridgehead atoms. The van der Waals surface area contributed by atoms with Crippen LogP contribution in [0, 0.1) is 12.8 Å². The summed E-state index contributed by atoms with van der Waals surface area (Å²) in [6, 6.07) is 3.58. The Morgan fingerprint density at radius 3 is 2.79 bits per heavy atom. The van der Waals surface area contributed by atoms with Gasteiger partial charge in [-0.05, 0) is 24.6 Å². The number of hydrogen-bond donors (Lipinski definition) is 2. The highest BCUT2D eigenvalue weighted by molar-refractivity contribution is 6.36. The molecule has 1 heterocycles. The molecule has 1 aromatic heterocycles. The summed E-state index contributed by atoms with van der Waals surface area (Å²) < 4.78 is 5.30. The number of carbonyl (C=O) groups is 1. The van der Waals surface area contributed by atoms with E-state index in [4.69, 9.17) is 21.4 Å². The number of nitrogens with one attached hydrogen (secondary N) is 1. The lowest BCUT2D eigenvalue weighted by molar-refractivity contribution is -0.141. The number of aromatic nitrogens is 1. The van der Waals surface area contributed by atoms with Gasteiger partial charge >= 0.3 is 5.97 Å². The summed E-state index contributed by atoms with van der Waals surface area (Å²) in [4.78, 5) is 14.2. The number of carboxylic acids is 1. The predicted octanol–water partition coefficient (Wildman–Crippen LogP) is 3.40. The van der Waals surface area contributed by atoms with Crippen LogP contribution in [0.15, 0.2) is 12.1 Å². The zero-order valence-electron chi connectivity index (χ0n) is 11.1. The molecule has 0 amide bonds. The third kappa shape index (κ3) is 2.40. The van der Waals surface area contributed by atoms with Gasteiger partial charge in [0.2, 0.25) is 0 Å². The van der Waals surface area contributed by atoms with Crippen LogP contribution >= 0.6 is 11.6 Å². The Hall–Kier alpha value is -1.68. The van der Waals surface area contributed by atoms with Crippen molar-refractivity contribution in [2.24, 2.45) is 5.92 Å². The van der Waals surface area contributed by atoms with E-state index in [-0.39, 0.29) is 0 Å². The van der Waals surface area contributed by atoms with Crippen molar-refractivity contribution in [1.29, 1.82) is 0 Å². The van der Waals surface area contributed by atoms with Gasteiger partial charge in [-0.2, -0.15) is 0 Å². The van der Waals surface area contributed by atoms with Crippen LogP contribution in [0.4, 0.5) is 0 Å². The first-order chi connectivity index (χ1) is 8.95. The second-order valence-electron chi connectivity index (χ2n) is 4.67. The second-order valence-corrected chi connectivity index (χ2v) is 5.08. The zero-order valence-corrected chi connectivity index (χ0v) is 11.8. The van der Waals surface area contributed by atoms with Crippen LogP contribution in [0.1, 0.15) is 18.2 Å². The molecule has 0 aliphatic heterocycles. The van der Waals surface area contributed by atoms with Crippen molar-refractivity contribution in [1.82, 2.24) is 4.98 Å². The highest BCUT2D eigenvalue weighted by atomic mass is 35.5. The maximum absolute atomic E-state index is 11.0. The van der Waals surface area contributed by atoms with Gasteiger partial charge in [0.05, 0.1) is 23.6 Å². The number of aliphatic carboxylic acids is 1. The number of rotatable bonds is 4. The first-order valence-electron chi connectivity index (χ1n) is 6.02. The summed E-state index contributed by atoms with van der Waals surface area (Å²) in [5.41, 5.74) is 2.68. The molecule has 0 aliphatic rings. The van der Waals surface area contributed by atoms with Gasteiger partial charge in [-0.25, -0.2) is 0 Å². The molecule has 4 nitrogen and oxygen atoms in total. The number of H-pyrrole nitrogens is 1. The largest absolute Gasteiger partial charge is 0.495 e. The first kappa shape index (κ1) is 13.7. The minimum absolute atomic E-state index is 0.440. The SMILES string of the molecule is COc1ccc(Cl)c2c(C)c(CC(C)C(=O)O)[nH]c12. The summed E-state index contributed by atoms with van der Waals surface area (Å²) in [7, 11) is 1.60. The van der Waals surface area contributed by atoms with Gasteiger partial charge in [0, 0.05) is 17.5 Å². The van der Waals surface area contributed by atoms with E-state index < -0.39 is 11.9 Å². The van der Waals surface area contributed by atoms with Crippen molar-refractivity contribution in [3.05, 3.63) is 28.4 Å². The van der Waals surface area contributed by atoms with E-state index >= 15 is 0 Å². The summed E-state index contributed by atoms with van der Waals surface area (Å²) in [5, 5.41) is 10.5. The second kappa shape index (κ2) is 5.13. The van der Waals surface area contributed by atoms with Gasteiger partial charge in [0.25, 0.3) is 0 Å². The third-order valence-electron chi connectivity index (χ3n) is 3.37. The number of fused-ring (bicyclic) bond motifs is 1. The van der Waals surface area contributed by atoms with Crippen LogP contribution in [0.3, 0.4) is 0 Å². The van der Waals surface area contributed by atoms with Crippen molar-refractivity contribution in [2.75, 3.05) is 7.11 Å². The van der Waals surface area contributed by atoms with Crippen LogP contribution in [0.5, 0.6) is 5.75 Å². The normalized spacial score (nSPS) is 12.6. The molecule has 1 atom stereocenters. The van der Waals surface area contributed by atoms with Crippen LogP contribution in [-0.2, 0) is 11.2 Å². The molecule has 0 saturated carbocycles. The van der Waals surface area contributed by atoms with Crippen molar-refractivity contribution in [3.63, 3.8) is 0 Å². The topological polar surface area (TPSA) is 62.3 Å². The predicted molar refractivity (Wildman–Crippen MR) is 75.1 cm³/mol. The number of benzene rings is 1. The molecule has 0 radical (unpaired) electrons. The van der Waals surface area contributed by atoms with Crippen LogP contribution in [0.2, 0.25) is 5.02 Å². The maximum atomic E-state index is 11.0. The fourth-order valence-electron chi connectivity index (χ4n) is 2.21. The van der Waals surface area contributed by atoms with E-state index in [0.717, 1.165) is 22.2 Å². The van der Waals surface area contributed by atoms with Gasteiger partial charge in [-0.15, -0.1) is 0 Å². The smallest absolute Gasteiger partial charge is 0.306 e. The summed E-state index contributed by atoms with van der Waals surface area (Å²) >= 11 is 6.21. The quantitative estimate of drug-likeness (QED) is 0.903. The summed E-state index contributed by atoms with van der Waals surface area (Å²) in [5.74, 6) is -0.552. The lowest BCUT2D eigenvalue weighted by Crippen LogP contribution is -2.12. The van der Waals surface area contributed by atoms with Crippen molar-refractivity contribution in [2.45, 2.75) is 20.3 Å². The molecule has 0 fully saturated rings. The highest BCUT2D eigenvalue weighted by Crippen LogP contribution is 2.35. The Balaban J connectivity index is 2.56. The van der Waals surface area contributed by atoms with Crippen molar-refractivity contribution < 1.29 is 14.6 Å². The maximum Gasteiger partial charge on any atom is 0.306 e. The Labute approximate surface area is 116 Å². The molecule has 19 heavy (non-hydrogen) atoms. The minimum atomic E-state index is -0.809. The van der Waals surface area contributed by atoms with Gasteiger partial charge in [-0.3, -0.25) is 4.79 Å². The van der Waals surface area contributed by atoms with E-state index in [2.05, 4.69) is 4.98 Å². The summed E-state index contributed by atoms with van der Waals surface area (Å²) in [6.45, 7) is 3.63. The number of aromatic amines is 1. The van der Waals surface area contributed by atoms with Crippen molar-refractivity contribution in [3.8, 4) is 5.75 Å².